The Bertz CT molecular complexity index is 737. The lowest BCUT2D eigenvalue weighted by molar-refractivity contribution is -0.128. The number of likely N-dealkylation sites (N-methyl/N-ethyl adjacent to an activating group) is 1. The van der Waals surface area contributed by atoms with E-state index >= 15 is 0 Å². The molecule has 5 heteroatoms. The summed E-state index contributed by atoms with van der Waals surface area (Å²) in [5.74, 6) is -0.0337. The first kappa shape index (κ1) is 19.5. The van der Waals surface area contributed by atoms with Gasteiger partial charge in [0.15, 0.2) is 0 Å². The van der Waals surface area contributed by atoms with Crippen LogP contribution in [0.2, 0.25) is 0 Å². The van der Waals surface area contributed by atoms with E-state index in [1.807, 2.05) is 55.5 Å². The van der Waals surface area contributed by atoms with Crippen molar-refractivity contribution in [2.75, 3.05) is 24.7 Å². The van der Waals surface area contributed by atoms with Gasteiger partial charge in [0.2, 0.25) is 11.8 Å². The molecule has 0 aliphatic carbocycles. The van der Waals surface area contributed by atoms with Crippen LogP contribution >= 0.6 is 0 Å². The summed E-state index contributed by atoms with van der Waals surface area (Å²) in [6, 6.07) is 15.1. The second kappa shape index (κ2) is 9.04. The molecule has 138 valence electrons. The van der Waals surface area contributed by atoms with Crippen molar-refractivity contribution >= 4 is 23.2 Å². The molecule has 0 saturated carbocycles. The molecule has 5 nitrogen and oxygen atoms in total. The number of rotatable bonds is 7. The van der Waals surface area contributed by atoms with E-state index in [0.717, 1.165) is 23.4 Å². The Hall–Kier alpha value is -2.82. The van der Waals surface area contributed by atoms with Crippen LogP contribution in [-0.4, -0.2) is 36.9 Å². The molecule has 26 heavy (non-hydrogen) atoms. The number of nitrogens with zero attached hydrogens (tertiary/aromatic N) is 1. The Morgan fingerprint density at radius 3 is 2.00 bits per heavy atom. The fourth-order valence-corrected chi connectivity index (χ4v) is 2.44. The minimum atomic E-state index is -0.380. The molecular formula is C21H27N3O2. The van der Waals surface area contributed by atoms with Crippen LogP contribution in [0.4, 0.5) is 11.4 Å². The summed E-state index contributed by atoms with van der Waals surface area (Å²) in [5, 5.41) is 6.09. The first-order chi connectivity index (χ1) is 12.4. The Morgan fingerprint density at radius 2 is 1.46 bits per heavy atom. The third-order valence-corrected chi connectivity index (χ3v) is 4.21. The number of hydrogen-bond acceptors (Lipinski definition) is 3. The van der Waals surface area contributed by atoms with Crippen LogP contribution in [0.25, 0.3) is 0 Å². The highest BCUT2D eigenvalue weighted by Crippen LogP contribution is 2.14. The van der Waals surface area contributed by atoms with Gasteiger partial charge in [-0.15, -0.1) is 0 Å². The average molecular weight is 353 g/mol. The predicted octanol–water partition coefficient (Wildman–Crippen LogP) is 3.32. The normalized spacial score (nSPS) is 11.5. The van der Waals surface area contributed by atoms with Crippen LogP contribution < -0.4 is 10.6 Å². The molecule has 0 aliphatic heterocycles. The van der Waals surface area contributed by atoms with Gasteiger partial charge < -0.3 is 15.5 Å². The molecule has 0 bridgehead atoms. The zero-order valence-electron chi connectivity index (χ0n) is 15.9. The van der Waals surface area contributed by atoms with Gasteiger partial charge in [0.05, 0.1) is 6.42 Å². The van der Waals surface area contributed by atoms with Crippen molar-refractivity contribution in [3.63, 3.8) is 0 Å². The fraction of sp³-hybridized carbons (Fsp3) is 0.333. The number of hydrogen-bond donors (Lipinski definition) is 2. The van der Waals surface area contributed by atoms with Gasteiger partial charge >= 0.3 is 0 Å². The number of carbonyl (C=O) groups is 2. The highest BCUT2D eigenvalue weighted by atomic mass is 16.2. The predicted molar refractivity (Wildman–Crippen MR) is 106 cm³/mol. The summed E-state index contributed by atoms with van der Waals surface area (Å²) in [5.41, 5.74) is 3.82. The van der Waals surface area contributed by atoms with Crippen LogP contribution in [0, 0.1) is 0 Å². The van der Waals surface area contributed by atoms with Crippen molar-refractivity contribution in [3.05, 3.63) is 59.7 Å². The van der Waals surface area contributed by atoms with E-state index < -0.39 is 0 Å². The standard InChI is InChI=1S/C21H27N3O2/c1-5-16-6-10-19(11-7-16)23-21(26)15(2)22-18-12-8-17(9-13-18)14-20(25)24(3)4/h6-13,15,22H,5,14H2,1-4H3,(H,23,26). The first-order valence-electron chi connectivity index (χ1n) is 8.84. The summed E-state index contributed by atoms with van der Waals surface area (Å²) in [4.78, 5) is 25.6. The Kier molecular flexibility index (Phi) is 6.78. The molecule has 1 unspecified atom stereocenters. The molecule has 0 aliphatic rings. The second-order valence-electron chi connectivity index (χ2n) is 6.57. The van der Waals surface area contributed by atoms with Crippen molar-refractivity contribution in [1.29, 1.82) is 0 Å². The smallest absolute Gasteiger partial charge is 0.246 e. The van der Waals surface area contributed by atoms with Crippen LogP contribution in [0.15, 0.2) is 48.5 Å². The quantitative estimate of drug-likeness (QED) is 0.803. The summed E-state index contributed by atoms with van der Waals surface area (Å²) < 4.78 is 0. The lowest BCUT2D eigenvalue weighted by Gasteiger charge is -2.16. The summed E-state index contributed by atoms with van der Waals surface area (Å²) >= 11 is 0. The van der Waals surface area contributed by atoms with Crippen LogP contribution in [0.5, 0.6) is 0 Å². The molecule has 0 heterocycles. The molecular weight excluding hydrogens is 326 g/mol. The molecule has 2 aromatic rings. The van der Waals surface area contributed by atoms with Crippen molar-refractivity contribution in [2.45, 2.75) is 32.7 Å². The zero-order valence-corrected chi connectivity index (χ0v) is 15.9. The van der Waals surface area contributed by atoms with Crippen LogP contribution in [0.3, 0.4) is 0 Å². The molecule has 0 fully saturated rings. The van der Waals surface area contributed by atoms with E-state index in [-0.39, 0.29) is 17.9 Å². The summed E-state index contributed by atoms with van der Waals surface area (Å²) in [7, 11) is 3.49. The largest absolute Gasteiger partial charge is 0.374 e. The van der Waals surface area contributed by atoms with Gasteiger partial charge in [-0.1, -0.05) is 31.2 Å². The Labute approximate surface area is 155 Å². The monoisotopic (exact) mass is 353 g/mol. The second-order valence-corrected chi connectivity index (χ2v) is 6.57. The molecule has 2 rings (SSSR count). The molecule has 1 atom stereocenters. The van der Waals surface area contributed by atoms with E-state index in [1.54, 1.807) is 19.0 Å². The van der Waals surface area contributed by atoms with Gasteiger partial charge in [0.25, 0.3) is 0 Å². The third-order valence-electron chi connectivity index (χ3n) is 4.21. The van der Waals surface area contributed by atoms with Gasteiger partial charge in [-0.05, 0) is 48.7 Å². The van der Waals surface area contributed by atoms with Gasteiger partial charge in [-0.25, -0.2) is 0 Å². The lowest BCUT2D eigenvalue weighted by Crippen LogP contribution is -2.31. The Balaban J connectivity index is 1.90. The topological polar surface area (TPSA) is 61.4 Å². The number of amides is 2. The summed E-state index contributed by atoms with van der Waals surface area (Å²) in [6.45, 7) is 3.92. The number of aryl methyl sites for hydroxylation is 1. The van der Waals surface area contributed by atoms with Crippen molar-refractivity contribution in [2.24, 2.45) is 0 Å². The lowest BCUT2D eigenvalue weighted by atomic mass is 10.1. The van der Waals surface area contributed by atoms with E-state index in [4.69, 9.17) is 0 Å². The Morgan fingerprint density at radius 1 is 0.923 bits per heavy atom. The SMILES string of the molecule is CCc1ccc(NC(=O)C(C)Nc2ccc(CC(=O)N(C)C)cc2)cc1. The fourth-order valence-electron chi connectivity index (χ4n) is 2.44. The number of benzene rings is 2. The molecule has 0 saturated heterocycles. The van der Waals surface area contributed by atoms with Crippen LogP contribution in [0.1, 0.15) is 25.0 Å². The van der Waals surface area contributed by atoms with Gasteiger partial charge in [0, 0.05) is 25.5 Å². The average Bonchev–Trinajstić information content (AvgIpc) is 2.63. The molecule has 2 amide bonds. The molecule has 2 aromatic carbocycles. The maximum absolute atomic E-state index is 12.3. The number of nitrogens with one attached hydrogen (secondary N) is 2. The van der Waals surface area contributed by atoms with E-state index in [1.165, 1.54) is 5.56 Å². The third kappa shape index (κ3) is 5.62. The minimum Gasteiger partial charge on any atom is -0.374 e. The first-order valence-corrected chi connectivity index (χ1v) is 8.84. The molecule has 0 radical (unpaired) electrons. The van der Waals surface area contributed by atoms with Crippen molar-refractivity contribution in [1.82, 2.24) is 4.90 Å². The van der Waals surface area contributed by atoms with E-state index in [9.17, 15) is 9.59 Å². The van der Waals surface area contributed by atoms with E-state index in [0.29, 0.717) is 6.42 Å². The zero-order chi connectivity index (χ0) is 19.1. The number of anilines is 2. The number of carbonyl (C=O) groups excluding carboxylic acids is 2. The van der Waals surface area contributed by atoms with Gasteiger partial charge in [-0.2, -0.15) is 0 Å². The van der Waals surface area contributed by atoms with Crippen LogP contribution in [-0.2, 0) is 22.4 Å². The minimum absolute atomic E-state index is 0.0625. The molecule has 0 spiro atoms. The van der Waals surface area contributed by atoms with Gasteiger partial charge in [-0.3, -0.25) is 9.59 Å². The highest BCUT2D eigenvalue weighted by Gasteiger charge is 2.13. The van der Waals surface area contributed by atoms with Crippen molar-refractivity contribution in [3.8, 4) is 0 Å². The maximum atomic E-state index is 12.3. The van der Waals surface area contributed by atoms with E-state index in [2.05, 4.69) is 17.6 Å². The summed E-state index contributed by atoms with van der Waals surface area (Å²) in [6.07, 6.45) is 1.35. The maximum Gasteiger partial charge on any atom is 0.246 e. The molecule has 2 N–H and O–H groups in total. The molecule has 0 aromatic heterocycles. The van der Waals surface area contributed by atoms with Crippen molar-refractivity contribution < 1.29 is 9.59 Å². The van der Waals surface area contributed by atoms with Gasteiger partial charge in [0.1, 0.15) is 6.04 Å². The highest BCUT2D eigenvalue weighted by molar-refractivity contribution is 5.96.